The maximum Gasteiger partial charge on any atom is 0.0366 e. The Balaban J connectivity index is 1.86. The van der Waals surface area contributed by atoms with Crippen molar-refractivity contribution in [2.75, 3.05) is 24.5 Å². The van der Waals surface area contributed by atoms with E-state index in [0.717, 1.165) is 25.0 Å². The van der Waals surface area contributed by atoms with E-state index in [1.165, 1.54) is 37.9 Å². The molecule has 106 valence electrons. The van der Waals surface area contributed by atoms with Crippen LogP contribution in [0.2, 0.25) is 0 Å². The van der Waals surface area contributed by atoms with E-state index in [9.17, 15) is 0 Å². The smallest absolute Gasteiger partial charge is 0.0366 e. The van der Waals surface area contributed by atoms with E-state index in [0.29, 0.717) is 0 Å². The van der Waals surface area contributed by atoms with Crippen LogP contribution in [-0.2, 0) is 0 Å². The SMILES string of the molecule is CCNC1CCCC1CCN(CC)c1ccccc1. The summed E-state index contributed by atoms with van der Waals surface area (Å²) in [5.41, 5.74) is 1.36. The summed E-state index contributed by atoms with van der Waals surface area (Å²) in [7, 11) is 0. The third-order valence-electron chi connectivity index (χ3n) is 4.40. The van der Waals surface area contributed by atoms with Gasteiger partial charge in [0.15, 0.2) is 0 Å². The van der Waals surface area contributed by atoms with Crippen LogP contribution < -0.4 is 10.2 Å². The van der Waals surface area contributed by atoms with Gasteiger partial charge in [0.1, 0.15) is 0 Å². The fourth-order valence-electron chi connectivity index (χ4n) is 3.34. The lowest BCUT2D eigenvalue weighted by atomic mass is 9.99. The first-order chi connectivity index (χ1) is 9.35. The Morgan fingerprint density at radius 1 is 1.16 bits per heavy atom. The van der Waals surface area contributed by atoms with Crippen molar-refractivity contribution in [2.24, 2.45) is 5.92 Å². The number of benzene rings is 1. The number of nitrogens with one attached hydrogen (secondary N) is 1. The molecule has 0 aromatic heterocycles. The van der Waals surface area contributed by atoms with Crippen molar-refractivity contribution in [1.29, 1.82) is 0 Å². The summed E-state index contributed by atoms with van der Waals surface area (Å²) in [5.74, 6) is 0.873. The minimum Gasteiger partial charge on any atom is -0.372 e. The van der Waals surface area contributed by atoms with Gasteiger partial charge in [0.25, 0.3) is 0 Å². The molecule has 2 heteroatoms. The van der Waals surface area contributed by atoms with Gasteiger partial charge in [-0.1, -0.05) is 31.5 Å². The Labute approximate surface area is 118 Å². The number of rotatable bonds is 7. The zero-order valence-corrected chi connectivity index (χ0v) is 12.4. The van der Waals surface area contributed by atoms with E-state index in [4.69, 9.17) is 0 Å². The molecule has 0 aliphatic heterocycles. The van der Waals surface area contributed by atoms with Crippen molar-refractivity contribution in [2.45, 2.75) is 45.6 Å². The molecule has 1 aromatic carbocycles. The Hall–Kier alpha value is -1.02. The lowest BCUT2D eigenvalue weighted by molar-refractivity contribution is 0.386. The van der Waals surface area contributed by atoms with Crippen molar-refractivity contribution in [3.8, 4) is 0 Å². The monoisotopic (exact) mass is 260 g/mol. The van der Waals surface area contributed by atoms with Gasteiger partial charge in [-0.15, -0.1) is 0 Å². The minimum atomic E-state index is 0.763. The second-order valence-corrected chi connectivity index (χ2v) is 5.56. The summed E-state index contributed by atoms with van der Waals surface area (Å²) >= 11 is 0. The molecule has 1 aliphatic rings. The molecule has 2 rings (SSSR count). The van der Waals surface area contributed by atoms with Crippen LogP contribution in [0.1, 0.15) is 39.5 Å². The Bertz CT molecular complexity index is 350. The zero-order valence-electron chi connectivity index (χ0n) is 12.4. The standard InChI is InChI=1S/C17H28N2/c1-3-18-17-12-8-9-15(17)13-14-19(4-2)16-10-6-5-7-11-16/h5-7,10-11,15,17-18H,3-4,8-9,12-14H2,1-2H3. The molecule has 1 aromatic rings. The second kappa shape index (κ2) is 7.54. The van der Waals surface area contributed by atoms with Crippen LogP contribution in [0.3, 0.4) is 0 Å². The van der Waals surface area contributed by atoms with Crippen LogP contribution in [0.25, 0.3) is 0 Å². The predicted octanol–water partition coefficient (Wildman–Crippen LogP) is 3.68. The molecule has 2 unspecified atom stereocenters. The number of hydrogen-bond donors (Lipinski definition) is 1. The number of nitrogens with zero attached hydrogens (tertiary/aromatic N) is 1. The number of hydrogen-bond acceptors (Lipinski definition) is 2. The Kier molecular flexibility index (Phi) is 5.71. The van der Waals surface area contributed by atoms with E-state index in [2.05, 4.69) is 54.4 Å². The maximum atomic E-state index is 3.66. The van der Waals surface area contributed by atoms with Crippen molar-refractivity contribution < 1.29 is 0 Å². The molecule has 1 N–H and O–H groups in total. The van der Waals surface area contributed by atoms with Gasteiger partial charge in [-0.05, 0) is 50.8 Å². The third-order valence-corrected chi connectivity index (χ3v) is 4.40. The van der Waals surface area contributed by atoms with Crippen molar-refractivity contribution in [3.05, 3.63) is 30.3 Å². The molecule has 1 fully saturated rings. The minimum absolute atomic E-state index is 0.763. The molecular formula is C17H28N2. The molecule has 19 heavy (non-hydrogen) atoms. The van der Waals surface area contributed by atoms with E-state index < -0.39 is 0 Å². The maximum absolute atomic E-state index is 3.66. The highest BCUT2D eigenvalue weighted by atomic mass is 15.1. The van der Waals surface area contributed by atoms with Gasteiger partial charge >= 0.3 is 0 Å². The highest BCUT2D eigenvalue weighted by Crippen LogP contribution is 2.29. The van der Waals surface area contributed by atoms with Crippen LogP contribution in [0, 0.1) is 5.92 Å². The number of para-hydroxylation sites is 1. The first kappa shape index (κ1) is 14.4. The predicted molar refractivity (Wildman–Crippen MR) is 83.8 cm³/mol. The quantitative estimate of drug-likeness (QED) is 0.804. The van der Waals surface area contributed by atoms with Crippen molar-refractivity contribution in [3.63, 3.8) is 0 Å². The fourth-order valence-corrected chi connectivity index (χ4v) is 3.34. The third kappa shape index (κ3) is 3.97. The van der Waals surface area contributed by atoms with Crippen molar-refractivity contribution in [1.82, 2.24) is 5.32 Å². The molecule has 1 aliphatic carbocycles. The molecule has 0 amide bonds. The molecule has 2 nitrogen and oxygen atoms in total. The highest BCUT2D eigenvalue weighted by Gasteiger charge is 2.26. The molecule has 0 heterocycles. The van der Waals surface area contributed by atoms with Gasteiger partial charge in [0.05, 0.1) is 0 Å². The summed E-state index contributed by atoms with van der Waals surface area (Å²) in [6.07, 6.45) is 5.50. The van der Waals surface area contributed by atoms with Crippen molar-refractivity contribution >= 4 is 5.69 Å². The molecule has 0 spiro atoms. The lowest BCUT2D eigenvalue weighted by Crippen LogP contribution is -2.34. The Morgan fingerprint density at radius 3 is 2.63 bits per heavy atom. The van der Waals surface area contributed by atoms with Gasteiger partial charge in [0.2, 0.25) is 0 Å². The van der Waals surface area contributed by atoms with Crippen LogP contribution in [0.15, 0.2) is 30.3 Å². The van der Waals surface area contributed by atoms with Gasteiger partial charge in [-0.3, -0.25) is 0 Å². The van der Waals surface area contributed by atoms with Gasteiger partial charge < -0.3 is 10.2 Å². The fraction of sp³-hybridized carbons (Fsp3) is 0.647. The van der Waals surface area contributed by atoms with Crippen LogP contribution in [0.4, 0.5) is 5.69 Å². The average molecular weight is 260 g/mol. The van der Waals surface area contributed by atoms with E-state index in [-0.39, 0.29) is 0 Å². The van der Waals surface area contributed by atoms with Crippen LogP contribution in [0.5, 0.6) is 0 Å². The summed E-state index contributed by atoms with van der Waals surface area (Å²) in [6.45, 7) is 7.87. The van der Waals surface area contributed by atoms with E-state index in [1.54, 1.807) is 0 Å². The topological polar surface area (TPSA) is 15.3 Å². The van der Waals surface area contributed by atoms with E-state index >= 15 is 0 Å². The van der Waals surface area contributed by atoms with Gasteiger partial charge in [-0.2, -0.15) is 0 Å². The molecule has 0 saturated heterocycles. The first-order valence-electron chi connectivity index (χ1n) is 7.88. The lowest BCUT2D eigenvalue weighted by Gasteiger charge is -2.27. The first-order valence-corrected chi connectivity index (χ1v) is 7.88. The molecular weight excluding hydrogens is 232 g/mol. The zero-order chi connectivity index (χ0) is 13.5. The Morgan fingerprint density at radius 2 is 1.95 bits per heavy atom. The normalized spacial score (nSPS) is 22.6. The molecule has 0 bridgehead atoms. The second-order valence-electron chi connectivity index (χ2n) is 5.56. The highest BCUT2D eigenvalue weighted by molar-refractivity contribution is 5.45. The van der Waals surface area contributed by atoms with Crippen LogP contribution in [-0.4, -0.2) is 25.7 Å². The summed E-state index contributed by atoms with van der Waals surface area (Å²) in [5, 5.41) is 3.66. The number of anilines is 1. The molecule has 2 atom stereocenters. The van der Waals surface area contributed by atoms with Gasteiger partial charge in [0, 0.05) is 24.8 Å². The molecule has 0 radical (unpaired) electrons. The van der Waals surface area contributed by atoms with Gasteiger partial charge in [-0.25, -0.2) is 0 Å². The summed E-state index contributed by atoms with van der Waals surface area (Å²) in [6, 6.07) is 11.6. The summed E-state index contributed by atoms with van der Waals surface area (Å²) < 4.78 is 0. The summed E-state index contributed by atoms with van der Waals surface area (Å²) in [4.78, 5) is 2.50. The van der Waals surface area contributed by atoms with Crippen LogP contribution >= 0.6 is 0 Å². The van der Waals surface area contributed by atoms with E-state index in [1.807, 2.05) is 0 Å². The average Bonchev–Trinajstić information content (AvgIpc) is 2.89. The largest absolute Gasteiger partial charge is 0.372 e. The molecule has 1 saturated carbocycles.